The summed E-state index contributed by atoms with van der Waals surface area (Å²) >= 11 is 0. The van der Waals surface area contributed by atoms with Gasteiger partial charge in [0.05, 0.1) is 25.8 Å². The van der Waals surface area contributed by atoms with Gasteiger partial charge in [0, 0.05) is 30.9 Å². The highest BCUT2D eigenvalue weighted by Gasteiger charge is 2.45. The Balaban J connectivity index is 2.11. The molecule has 1 saturated heterocycles. The molecule has 2 aromatic rings. The molecule has 1 unspecified atom stereocenters. The van der Waals surface area contributed by atoms with Crippen LogP contribution in [0.2, 0.25) is 0 Å². The van der Waals surface area contributed by atoms with Gasteiger partial charge in [-0.2, -0.15) is 0 Å². The van der Waals surface area contributed by atoms with Crippen molar-refractivity contribution in [2.45, 2.75) is 26.3 Å². The number of aliphatic hydroxyl groups is 1. The summed E-state index contributed by atoms with van der Waals surface area (Å²) < 4.78 is 10.7. The quantitative estimate of drug-likeness (QED) is 0.287. The number of hydrogen-bond donors (Lipinski definition) is 1. The first-order valence-electron chi connectivity index (χ1n) is 12.3. The van der Waals surface area contributed by atoms with Crippen LogP contribution in [0.3, 0.4) is 0 Å². The summed E-state index contributed by atoms with van der Waals surface area (Å²) in [5.74, 6) is -0.607. The molecule has 1 heterocycles. The van der Waals surface area contributed by atoms with Crippen LogP contribution in [0.25, 0.3) is 5.76 Å². The minimum Gasteiger partial charge on any atom is -0.507 e. The number of ether oxygens (including phenoxy) is 2. The van der Waals surface area contributed by atoms with Gasteiger partial charge in [0.1, 0.15) is 5.76 Å². The van der Waals surface area contributed by atoms with Gasteiger partial charge in [-0.25, -0.2) is 0 Å². The summed E-state index contributed by atoms with van der Waals surface area (Å²) in [6.45, 7) is 7.11. The molecule has 0 bridgehead atoms. The number of rotatable bonds is 11. The maximum Gasteiger partial charge on any atom is 0.295 e. The third-order valence-electron chi connectivity index (χ3n) is 6.54. The molecule has 1 aliphatic heterocycles. The molecule has 0 radical (unpaired) electrons. The molecule has 1 amide bonds. The first-order chi connectivity index (χ1) is 17.3. The normalized spacial score (nSPS) is 17.1. The van der Waals surface area contributed by atoms with Crippen molar-refractivity contribution in [2.75, 3.05) is 59.4 Å². The van der Waals surface area contributed by atoms with Gasteiger partial charge in [-0.15, -0.1) is 0 Å². The second-order valence-electron chi connectivity index (χ2n) is 8.98. The van der Waals surface area contributed by atoms with E-state index in [1.165, 1.54) is 14.2 Å². The van der Waals surface area contributed by atoms with Gasteiger partial charge in [0.25, 0.3) is 11.7 Å². The van der Waals surface area contributed by atoms with Crippen molar-refractivity contribution >= 4 is 23.1 Å². The molecule has 0 aliphatic carbocycles. The van der Waals surface area contributed by atoms with Crippen LogP contribution in [0.1, 0.15) is 37.4 Å². The van der Waals surface area contributed by atoms with E-state index in [0.717, 1.165) is 30.9 Å². The number of ketones is 1. The minimum absolute atomic E-state index is 0.0765. The fourth-order valence-electron chi connectivity index (χ4n) is 4.61. The topological polar surface area (TPSA) is 82.5 Å². The van der Waals surface area contributed by atoms with Crippen LogP contribution in [0, 0.1) is 0 Å². The van der Waals surface area contributed by atoms with Crippen molar-refractivity contribution in [1.82, 2.24) is 9.80 Å². The van der Waals surface area contributed by atoms with Crippen molar-refractivity contribution < 1.29 is 24.2 Å². The third-order valence-corrected chi connectivity index (χ3v) is 6.54. The zero-order valence-corrected chi connectivity index (χ0v) is 22.1. The van der Waals surface area contributed by atoms with Crippen LogP contribution in [0.4, 0.5) is 5.69 Å². The Kier molecular flexibility index (Phi) is 8.98. The fraction of sp³-hybridized carbons (Fsp3) is 0.429. The molecular formula is C28H37N3O5. The van der Waals surface area contributed by atoms with Crippen LogP contribution in [-0.2, 0) is 9.59 Å². The molecular weight excluding hydrogens is 458 g/mol. The van der Waals surface area contributed by atoms with E-state index in [0.29, 0.717) is 30.0 Å². The van der Waals surface area contributed by atoms with E-state index >= 15 is 0 Å². The number of carbonyl (C=O) groups is 2. The number of likely N-dealkylation sites (tertiary alicyclic amines) is 1. The highest BCUT2D eigenvalue weighted by Crippen LogP contribution is 2.41. The molecule has 8 heteroatoms. The number of Topliss-reactive ketones (excluding diaryl/α,β-unsaturated/α-hetero) is 1. The van der Waals surface area contributed by atoms with Crippen LogP contribution < -0.4 is 14.4 Å². The third kappa shape index (κ3) is 5.49. The summed E-state index contributed by atoms with van der Waals surface area (Å²) in [4.78, 5) is 32.3. The van der Waals surface area contributed by atoms with E-state index in [2.05, 4.69) is 18.7 Å². The average Bonchev–Trinajstić information content (AvgIpc) is 3.13. The van der Waals surface area contributed by atoms with Gasteiger partial charge in [-0.1, -0.05) is 12.1 Å². The van der Waals surface area contributed by atoms with E-state index in [1.54, 1.807) is 23.1 Å². The van der Waals surface area contributed by atoms with E-state index in [-0.39, 0.29) is 11.3 Å². The van der Waals surface area contributed by atoms with Gasteiger partial charge in [-0.05, 0) is 76.8 Å². The molecule has 1 aliphatic rings. The molecule has 0 spiro atoms. The van der Waals surface area contributed by atoms with Crippen molar-refractivity contribution in [3.8, 4) is 11.5 Å². The molecule has 0 saturated carbocycles. The lowest BCUT2D eigenvalue weighted by molar-refractivity contribution is -0.139. The smallest absolute Gasteiger partial charge is 0.295 e. The Hall–Kier alpha value is -3.52. The first kappa shape index (κ1) is 27.1. The summed E-state index contributed by atoms with van der Waals surface area (Å²) in [6.07, 6.45) is 0.699. The predicted octanol–water partition coefficient (Wildman–Crippen LogP) is 3.92. The molecule has 3 rings (SSSR count). The summed E-state index contributed by atoms with van der Waals surface area (Å²) in [7, 11) is 6.96. The second-order valence-corrected chi connectivity index (χ2v) is 8.98. The summed E-state index contributed by atoms with van der Waals surface area (Å²) in [5.41, 5.74) is 2.29. The van der Waals surface area contributed by atoms with Gasteiger partial charge >= 0.3 is 0 Å². The largest absolute Gasteiger partial charge is 0.507 e. The number of amides is 1. The molecule has 1 fully saturated rings. The summed E-state index contributed by atoms with van der Waals surface area (Å²) in [6, 6.07) is 12.1. The molecule has 1 atom stereocenters. The Morgan fingerprint density at radius 1 is 0.972 bits per heavy atom. The number of aliphatic hydroxyl groups excluding tert-OH is 1. The van der Waals surface area contributed by atoms with E-state index < -0.39 is 17.7 Å². The van der Waals surface area contributed by atoms with E-state index in [1.807, 2.05) is 43.3 Å². The molecule has 8 nitrogen and oxygen atoms in total. The maximum atomic E-state index is 13.3. The number of benzene rings is 2. The Morgan fingerprint density at radius 2 is 1.61 bits per heavy atom. The first-order valence-corrected chi connectivity index (χ1v) is 12.3. The molecule has 194 valence electrons. The number of carbonyl (C=O) groups excluding carboxylic acids is 2. The average molecular weight is 496 g/mol. The number of methoxy groups -OCH3 is 2. The highest BCUT2D eigenvalue weighted by molar-refractivity contribution is 6.46. The van der Waals surface area contributed by atoms with Crippen molar-refractivity contribution in [1.29, 1.82) is 0 Å². The highest BCUT2D eigenvalue weighted by atomic mass is 16.5. The lowest BCUT2D eigenvalue weighted by Gasteiger charge is -2.27. The Morgan fingerprint density at radius 3 is 2.17 bits per heavy atom. The Labute approximate surface area is 213 Å². The number of anilines is 1. The van der Waals surface area contributed by atoms with E-state index in [9.17, 15) is 14.7 Å². The van der Waals surface area contributed by atoms with Crippen molar-refractivity contribution in [3.63, 3.8) is 0 Å². The SMILES string of the molecule is CCN(CC)c1ccc(C2/C(=C(/O)c3ccc(OC)c(OC)c3)C(=O)C(=O)N2CCCN(C)C)cc1. The fourth-order valence-corrected chi connectivity index (χ4v) is 4.61. The van der Waals surface area contributed by atoms with E-state index in [4.69, 9.17) is 9.47 Å². The number of hydrogen-bond acceptors (Lipinski definition) is 7. The predicted molar refractivity (Wildman–Crippen MR) is 142 cm³/mol. The molecule has 0 aromatic heterocycles. The zero-order valence-electron chi connectivity index (χ0n) is 22.1. The van der Waals surface area contributed by atoms with Gasteiger partial charge < -0.3 is 29.3 Å². The Bertz CT molecular complexity index is 1110. The van der Waals surface area contributed by atoms with Gasteiger partial charge in [-0.3, -0.25) is 9.59 Å². The van der Waals surface area contributed by atoms with Crippen LogP contribution in [0.5, 0.6) is 11.5 Å². The molecule has 2 aromatic carbocycles. The number of nitrogens with zero attached hydrogens (tertiary/aromatic N) is 3. The summed E-state index contributed by atoms with van der Waals surface area (Å²) in [5, 5.41) is 11.3. The lowest BCUT2D eigenvalue weighted by Crippen LogP contribution is -2.32. The van der Waals surface area contributed by atoms with Crippen LogP contribution in [0.15, 0.2) is 48.0 Å². The molecule has 36 heavy (non-hydrogen) atoms. The van der Waals surface area contributed by atoms with Gasteiger partial charge in [0.2, 0.25) is 0 Å². The zero-order chi connectivity index (χ0) is 26.4. The minimum atomic E-state index is -0.690. The van der Waals surface area contributed by atoms with Crippen molar-refractivity contribution in [3.05, 3.63) is 59.2 Å². The monoisotopic (exact) mass is 495 g/mol. The van der Waals surface area contributed by atoms with Gasteiger partial charge in [0.15, 0.2) is 11.5 Å². The second kappa shape index (κ2) is 11.9. The van der Waals surface area contributed by atoms with Crippen LogP contribution >= 0.6 is 0 Å². The van der Waals surface area contributed by atoms with Crippen LogP contribution in [-0.4, -0.2) is 81.1 Å². The van der Waals surface area contributed by atoms with Crippen molar-refractivity contribution in [2.24, 2.45) is 0 Å². The lowest BCUT2D eigenvalue weighted by atomic mass is 9.95. The standard InChI is InChI=1S/C28H37N3O5/c1-7-30(8-2)21-13-10-19(11-14-21)25-24(27(33)28(34)31(25)17-9-16-29(3)4)26(32)20-12-15-22(35-5)23(18-20)36-6/h10-15,18,25,32H,7-9,16-17H2,1-6H3/b26-24-. The molecule has 1 N–H and O–H groups in total. The maximum absolute atomic E-state index is 13.3.